The van der Waals surface area contributed by atoms with Gasteiger partial charge < -0.3 is 51.1 Å². The number of carbonyl (C=O) groups is 6. The molecule has 5 amide bonds. The van der Waals surface area contributed by atoms with E-state index >= 15 is 0 Å². The van der Waals surface area contributed by atoms with E-state index in [1.165, 1.54) is 26.0 Å². The zero-order valence-corrected chi connectivity index (χ0v) is 25.0. The smallest absolute Gasteiger partial charge is 0.328 e. The summed E-state index contributed by atoms with van der Waals surface area (Å²) in [6, 6.07) is -1.41. The van der Waals surface area contributed by atoms with Crippen LogP contribution in [-0.4, -0.2) is 130 Å². The molecule has 1 rings (SSSR count). The summed E-state index contributed by atoms with van der Waals surface area (Å²) >= 11 is 0. The molecule has 1 aliphatic rings. The van der Waals surface area contributed by atoms with Crippen molar-refractivity contribution in [2.75, 3.05) is 72.5 Å². The Labute approximate surface area is 254 Å². The molecule has 0 aromatic rings. The Balaban J connectivity index is 1.97. The van der Waals surface area contributed by atoms with Crippen LogP contribution in [0.25, 0.3) is 0 Å². The van der Waals surface area contributed by atoms with Crippen LogP contribution < -0.4 is 21.7 Å². The summed E-state index contributed by atoms with van der Waals surface area (Å²) < 4.78 is 21.4. The summed E-state index contributed by atoms with van der Waals surface area (Å²) in [5, 5.41) is 24.2. The lowest BCUT2D eigenvalue weighted by Gasteiger charge is -2.17. The summed E-state index contributed by atoms with van der Waals surface area (Å²) in [5.74, 6) is -3.78. The Morgan fingerprint density at radius 1 is 0.841 bits per heavy atom. The van der Waals surface area contributed by atoms with Gasteiger partial charge in [0, 0.05) is 56.0 Å². The molecule has 44 heavy (non-hydrogen) atoms. The molecule has 0 aromatic heterocycles. The molecule has 1 heterocycles. The van der Waals surface area contributed by atoms with Gasteiger partial charge in [0.15, 0.2) is 0 Å². The van der Waals surface area contributed by atoms with Gasteiger partial charge in [-0.25, -0.2) is 4.79 Å². The van der Waals surface area contributed by atoms with Gasteiger partial charge in [-0.3, -0.25) is 28.9 Å². The van der Waals surface area contributed by atoms with Gasteiger partial charge >= 0.3 is 5.97 Å². The Hall–Kier alpha value is -4.19. The maximum absolute atomic E-state index is 12.2. The number of hydrogen-bond acceptors (Lipinski definition) is 12. The average molecular weight is 627 g/mol. The number of ether oxygens (including phenoxy) is 4. The van der Waals surface area contributed by atoms with Crippen LogP contribution in [-0.2, 0) is 47.7 Å². The zero-order valence-electron chi connectivity index (χ0n) is 25.0. The van der Waals surface area contributed by atoms with E-state index in [4.69, 9.17) is 30.1 Å². The van der Waals surface area contributed by atoms with Crippen LogP contribution >= 0.6 is 0 Å². The number of hydrogen-bond donors (Lipinski definition) is 6. The van der Waals surface area contributed by atoms with Gasteiger partial charge in [0.2, 0.25) is 11.8 Å². The summed E-state index contributed by atoms with van der Waals surface area (Å²) in [6.45, 7) is 4.87. The van der Waals surface area contributed by atoms with E-state index in [0.29, 0.717) is 26.4 Å². The number of carbonyl (C=O) groups excluding carboxylic acids is 5. The molecule has 0 unspecified atom stereocenters. The maximum Gasteiger partial charge on any atom is 0.328 e. The average Bonchev–Trinajstić information content (AvgIpc) is 3.27. The number of nitrogens with one attached hydrogen (secondary N) is 4. The second-order valence-corrected chi connectivity index (χ2v) is 9.31. The predicted octanol–water partition coefficient (Wildman–Crippen LogP) is -2.17. The lowest BCUT2D eigenvalue weighted by Crippen LogP contribution is -2.49. The molecular formula is C27H42N6O11. The second kappa shape index (κ2) is 21.5. The number of aliphatic carboxylic acids is 1. The monoisotopic (exact) mass is 626 g/mol. The molecule has 0 fully saturated rings. The van der Waals surface area contributed by atoms with E-state index in [2.05, 4.69) is 16.0 Å². The van der Waals surface area contributed by atoms with Gasteiger partial charge in [-0.15, -0.1) is 0 Å². The quantitative estimate of drug-likeness (QED) is 0.0290. The number of allylic oxidation sites excluding steroid dienone is 1. The third-order valence-corrected chi connectivity index (χ3v) is 5.72. The Kier molecular flexibility index (Phi) is 18.5. The van der Waals surface area contributed by atoms with Crippen LogP contribution in [0, 0.1) is 5.41 Å². The van der Waals surface area contributed by atoms with Crippen molar-refractivity contribution >= 4 is 41.2 Å². The van der Waals surface area contributed by atoms with Gasteiger partial charge in [-0.05, 0) is 13.8 Å². The first-order valence-electron chi connectivity index (χ1n) is 13.9. The molecule has 0 saturated carbocycles. The van der Waals surface area contributed by atoms with E-state index in [9.17, 15) is 33.9 Å². The number of amides is 5. The molecule has 0 radical (unpaired) electrons. The minimum Gasteiger partial charge on any atom is -0.480 e. The standard InChI is InChI=1S/C27H42N6O11/c1-18(28)25(19(2)29)26(38)32-20(27(39)40)17-31-22(35)6-9-41-11-13-43-15-16-44-14-12-42-10-7-30-21(34)5-8-33-23(36)3-4-24(33)37/h3-4,20,28H,5-17,29H2,1-2H3,(H,30,34)(H,31,35)(H,32,38)(H,39,40)/b25-19+,28-18?/t20-/m0/s1. The molecule has 0 aromatic carbocycles. The van der Waals surface area contributed by atoms with Gasteiger partial charge in [-0.1, -0.05) is 0 Å². The van der Waals surface area contributed by atoms with Crippen molar-refractivity contribution < 1.29 is 52.8 Å². The maximum atomic E-state index is 12.2. The fourth-order valence-corrected chi connectivity index (χ4v) is 3.52. The molecule has 0 saturated heterocycles. The van der Waals surface area contributed by atoms with Gasteiger partial charge in [-0.2, -0.15) is 0 Å². The van der Waals surface area contributed by atoms with Crippen molar-refractivity contribution in [2.24, 2.45) is 5.73 Å². The van der Waals surface area contributed by atoms with Crippen molar-refractivity contribution in [1.82, 2.24) is 20.9 Å². The highest BCUT2D eigenvalue weighted by atomic mass is 16.6. The molecule has 17 heteroatoms. The molecule has 17 nitrogen and oxygen atoms in total. The lowest BCUT2D eigenvalue weighted by molar-refractivity contribution is -0.141. The normalized spacial score (nSPS) is 13.8. The highest BCUT2D eigenvalue weighted by Crippen LogP contribution is 2.04. The predicted molar refractivity (Wildman–Crippen MR) is 154 cm³/mol. The highest BCUT2D eigenvalue weighted by Gasteiger charge is 2.25. The van der Waals surface area contributed by atoms with Crippen LogP contribution in [0.5, 0.6) is 0 Å². The topological polar surface area (TPSA) is 249 Å². The minimum atomic E-state index is -1.41. The largest absolute Gasteiger partial charge is 0.480 e. The third kappa shape index (κ3) is 15.9. The zero-order chi connectivity index (χ0) is 32.9. The number of nitrogens with two attached hydrogens (primary N) is 1. The van der Waals surface area contributed by atoms with Crippen molar-refractivity contribution in [2.45, 2.75) is 32.7 Å². The molecule has 7 N–H and O–H groups in total. The fraction of sp³-hybridized carbons (Fsp3) is 0.593. The van der Waals surface area contributed by atoms with Crippen molar-refractivity contribution in [3.63, 3.8) is 0 Å². The molecular weight excluding hydrogens is 584 g/mol. The molecule has 0 bridgehead atoms. The first-order valence-corrected chi connectivity index (χ1v) is 13.9. The molecule has 0 spiro atoms. The number of nitrogens with zero attached hydrogens (tertiary/aromatic N) is 1. The summed E-state index contributed by atoms with van der Waals surface area (Å²) in [6.07, 6.45) is 2.32. The summed E-state index contributed by atoms with van der Waals surface area (Å²) in [5.41, 5.74) is 5.42. The molecule has 1 atom stereocenters. The lowest BCUT2D eigenvalue weighted by atomic mass is 10.1. The van der Waals surface area contributed by atoms with E-state index in [0.717, 1.165) is 4.90 Å². The fourth-order valence-electron chi connectivity index (χ4n) is 3.52. The van der Waals surface area contributed by atoms with Gasteiger partial charge in [0.25, 0.3) is 17.7 Å². The molecule has 246 valence electrons. The van der Waals surface area contributed by atoms with E-state index < -0.39 is 35.6 Å². The second-order valence-electron chi connectivity index (χ2n) is 9.31. The van der Waals surface area contributed by atoms with Gasteiger partial charge in [0.1, 0.15) is 6.04 Å². The summed E-state index contributed by atoms with van der Waals surface area (Å²) in [4.78, 5) is 71.3. The summed E-state index contributed by atoms with van der Waals surface area (Å²) in [7, 11) is 0. The van der Waals surface area contributed by atoms with Crippen LogP contribution in [0.3, 0.4) is 0 Å². The van der Waals surface area contributed by atoms with Crippen LogP contribution in [0.1, 0.15) is 26.7 Å². The van der Waals surface area contributed by atoms with E-state index in [1.54, 1.807) is 0 Å². The van der Waals surface area contributed by atoms with Gasteiger partial charge in [0.05, 0.1) is 58.4 Å². The number of carboxylic acids is 1. The first kappa shape index (κ1) is 37.8. The SMILES string of the molecule is CC(=N)/C(C(=O)N[C@@H](CNC(=O)CCOCCOCCOCCOCCNC(=O)CCN1C(=O)C=CC1=O)C(=O)O)=C(/C)N. The van der Waals surface area contributed by atoms with Crippen molar-refractivity contribution in [3.05, 3.63) is 23.4 Å². The Bertz CT molecular complexity index is 1070. The van der Waals surface area contributed by atoms with Crippen molar-refractivity contribution in [1.29, 1.82) is 5.41 Å². The highest BCUT2D eigenvalue weighted by molar-refractivity contribution is 6.20. The Morgan fingerprint density at radius 2 is 1.34 bits per heavy atom. The number of carboxylic acid groups (broad SMARTS) is 1. The number of rotatable bonds is 24. The van der Waals surface area contributed by atoms with Crippen LogP contribution in [0.15, 0.2) is 23.4 Å². The first-order chi connectivity index (χ1) is 20.9. The van der Waals surface area contributed by atoms with Crippen LogP contribution in [0.2, 0.25) is 0 Å². The Morgan fingerprint density at radius 3 is 1.84 bits per heavy atom. The number of imide groups is 1. The molecule has 0 aliphatic carbocycles. The van der Waals surface area contributed by atoms with Crippen LogP contribution in [0.4, 0.5) is 0 Å². The van der Waals surface area contributed by atoms with Crippen molar-refractivity contribution in [3.8, 4) is 0 Å². The minimum absolute atomic E-state index is 0.0162. The molecule has 1 aliphatic heterocycles. The van der Waals surface area contributed by atoms with E-state index in [-0.39, 0.29) is 81.8 Å². The third-order valence-electron chi connectivity index (χ3n) is 5.72. The van der Waals surface area contributed by atoms with E-state index in [1.807, 2.05) is 0 Å².